The molecule has 21 heavy (non-hydrogen) atoms. The number of nitrogens with two attached hydrogens (primary N) is 1. The second-order valence-corrected chi connectivity index (χ2v) is 5.02. The van der Waals surface area contributed by atoms with Crippen LogP contribution in [0, 0.1) is 6.92 Å². The van der Waals surface area contributed by atoms with Gasteiger partial charge in [-0.1, -0.05) is 18.2 Å². The second kappa shape index (κ2) is 5.21. The number of hydrogen-bond donors (Lipinski definition) is 1. The maximum Gasteiger partial charge on any atom is 0.258 e. The third-order valence-electron chi connectivity index (χ3n) is 3.70. The van der Waals surface area contributed by atoms with Crippen molar-refractivity contribution in [2.24, 2.45) is 5.73 Å². The van der Waals surface area contributed by atoms with Crippen molar-refractivity contribution in [2.45, 2.75) is 13.0 Å². The monoisotopic (exact) mass is 288 g/mol. The highest BCUT2D eigenvalue weighted by atomic mass is 16.5. The van der Waals surface area contributed by atoms with Gasteiger partial charge in [-0.3, -0.25) is 9.59 Å². The summed E-state index contributed by atoms with van der Waals surface area (Å²) in [5.74, 6) is -0.269. The van der Waals surface area contributed by atoms with E-state index in [1.165, 1.54) is 4.90 Å². The van der Waals surface area contributed by atoms with Crippen LogP contribution >= 0.6 is 0 Å². The van der Waals surface area contributed by atoms with Crippen LogP contribution in [0.2, 0.25) is 0 Å². The Morgan fingerprint density at radius 2 is 2.10 bits per heavy atom. The molecule has 0 bridgehead atoms. The number of rotatable bonds is 2. The molecule has 110 valence electrons. The molecule has 6 nitrogen and oxygen atoms in total. The molecule has 6 heteroatoms. The molecule has 0 aliphatic carbocycles. The molecule has 1 atom stereocenters. The zero-order valence-corrected chi connectivity index (χ0v) is 11.7. The van der Waals surface area contributed by atoms with Crippen LogP contribution in [0.5, 0.6) is 0 Å². The Morgan fingerprint density at radius 3 is 2.86 bits per heavy atom. The van der Waals surface area contributed by atoms with Gasteiger partial charge < -0.3 is 19.8 Å². The molecule has 0 radical (unpaired) electrons. The maximum absolute atomic E-state index is 12.8. The van der Waals surface area contributed by atoms with E-state index in [4.69, 9.17) is 14.9 Å². The van der Waals surface area contributed by atoms with Crippen LogP contribution in [-0.4, -0.2) is 42.5 Å². The molecule has 0 saturated carbocycles. The smallest absolute Gasteiger partial charge is 0.258 e. The Kier molecular flexibility index (Phi) is 3.39. The number of morpholine rings is 1. The van der Waals surface area contributed by atoms with Gasteiger partial charge in [0.15, 0.2) is 0 Å². The van der Waals surface area contributed by atoms with Crippen molar-refractivity contribution in [3.05, 3.63) is 35.6 Å². The Morgan fingerprint density at radius 1 is 1.33 bits per heavy atom. The van der Waals surface area contributed by atoms with E-state index in [1.54, 1.807) is 6.92 Å². The third kappa shape index (κ3) is 2.27. The average molecular weight is 288 g/mol. The van der Waals surface area contributed by atoms with Crippen molar-refractivity contribution in [3.63, 3.8) is 0 Å². The first-order valence-electron chi connectivity index (χ1n) is 6.75. The van der Waals surface area contributed by atoms with E-state index < -0.39 is 11.9 Å². The lowest BCUT2D eigenvalue weighted by Gasteiger charge is -2.33. The van der Waals surface area contributed by atoms with E-state index in [9.17, 15) is 9.59 Å². The molecule has 1 aromatic heterocycles. The van der Waals surface area contributed by atoms with E-state index in [2.05, 4.69) is 0 Å². The quantitative estimate of drug-likeness (QED) is 0.895. The van der Waals surface area contributed by atoms with Crippen LogP contribution in [-0.2, 0) is 9.53 Å². The number of ether oxygens (including phenoxy) is 1. The number of aryl methyl sites for hydroxylation is 1. The van der Waals surface area contributed by atoms with Crippen LogP contribution in [0.4, 0.5) is 0 Å². The number of amides is 2. The molecule has 1 unspecified atom stereocenters. The van der Waals surface area contributed by atoms with E-state index in [0.29, 0.717) is 30.1 Å². The van der Waals surface area contributed by atoms with Crippen molar-refractivity contribution in [1.82, 2.24) is 4.90 Å². The summed E-state index contributed by atoms with van der Waals surface area (Å²) < 4.78 is 10.9. The third-order valence-corrected chi connectivity index (χ3v) is 3.70. The lowest BCUT2D eigenvalue weighted by atomic mass is 10.1. The Bertz CT molecular complexity index is 707. The number of benzene rings is 1. The molecule has 1 aliphatic heterocycles. The molecule has 2 heterocycles. The van der Waals surface area contributed by atoms with E-state index in [1.807, 2.05) is 24.3 Å². The largest absolute Gasteiger partial charge is 0.461 e. The summed E-state index contributed by atoms with van der Waals surface area (Å²) in [5.41, 5.74) is 6.50. The van der Waals surface area contributed by atoms with Gasteiger partial charge in [-0.2, -0.15) is 0 Å². The van der Waals surface area contributed by atoms with Gasteiger partial charge in [-0.25, -0.2) is 0 Å². The molecule has 1 fully saturated rings. The summed E-state index contributed by atoms with van der Waals surface area (Å²) in [6.07, 6.45) is 0. The summed E-state index contributed by atoms with van der Waals surface area (Å²) in [6.45, 7) is 2.61. The van der Waals surface area contributed by atoms with Crippen molar-refractivity contribution >= 4 is 22.8 Å². The maximum atomic E-state index is 12.8. The van der Waals surface area contributed by atoms with Gasteiger partial charge in [-0.05, 0) is 13.0 Å². The summed E-state index contributed by atoms with van der Waals surface area (Å²) in [6, 6.07) is 6.60. The Hall–Kier alpha value is -2.34. The Balaban J connectivity index is 2.03. The highest BCUT2D eigenvalue weighted by Crippen LogP contribution is 2.27. The molecule has 3 rings (SSSR count). The normalized spacial score (nSPS) is 18.9. The summed E-state index contributed by atoms with van der Waals surface area (Å²) in [5, 5.41) is 0.745. The summed E-state index contributed by atoms with van der Waals surface area (Å²) in [4.78, 5) is 25.8. The molecule has 1 saturated heterocycles. The van der Waals surface area contributed by atoms with Gasteiger partial charge in [0.2, 0.25) is 5.91 Å². The van der Waals surface area contributed by atoms with E-state index in [0.717, 1.165) is 5.39 Å². The number of hydrogen-bond acceptors (Lipinski definition) is 4. The van der Waals surface area contributed by atoms with Crippen molar-refractivity contribution in [2.75, 3.05) is 19.8 Å². The molecule has 1 aromatic carbocycles. The molecule has 2 N–H and O–H groups in total. The van der Waals surface area contributed by atoms with Gasteiger partial charge in [0.25, 0.3) is 5.91 Å². The van der Waals surface area contributed by atoms with Gasteiger partial charge in [0, 0.05) is 11.9 Å². The lowest BCUT2D eigenvalue weighted by Crippen LogP contribution is -2.54. The van der Waals surface area contributed by atoms with Crippen LogP contribution in [0.1, 0.15) is 16.1 Å². The molecular weight excluding hydrogens is 272 g/mol. The van der Waals surface area contributed by atoms with Gasteiger partial charge >= 0.3 is 0 Å². The molecule has 2 amide bonds. The number of nitrogens with zero attached hydrogens (tertiary/aromatic N) is 1. The fraction of sp³-hybridized carbons (Fsp3) is 0.333. The number of primary amides is 1. The van der Waals surface area contributed by atoms with Crippen molar-refractivity contribution in [3.8, 4) is 0 Å². The highest BCUT2D eigenvalue weighted by Gasteiger charge is 2.34. The summed E-state index contributed by atoms with van der Waals surface area (Å²) >= 11 is 0. The molecular formula is C15H16N2O4. The summed E-state index contributed by atoms with van der Waals surface area (Å²) in [7, 11) is 0. The van der Waals surface area contributed by atoms with Crippen molar-refractivity contribution in [1.29, 1.82) is 0 Å². The first-order valence-corrected chi connectivity index (χ1v) is 6.75. The van der Waals surface area contributed by atoms with Gasteiger partial charge in [-0.15, -0.1) is 0 Å². The van der Waals surface area contributed by atoms with Crippen LogP contribution in [0.15, 0.2) is 28.7 Å². The minimum absolute atomic E-state index is 0.135. The SMILES string of the molecule is Cc1oc2ccccc2c1C(=O)N1CCOCC1C(N)=O. The zero-order valence-electron chi connectivity index (χ0n) is 11.7. The number of carbonyl (C=O) groups excluding carboxylic acids is 2. The number of fused-ring (bicyclic) bond motifs is 1. The van der Waals surface area contributed by atoms with Crippen molar-refractivity contribution < 1.29 is 18.7 Å². The predicted octanol–water partition coefficient (Wildman–Crippen LogP) is 1.07. The topological polar surface area (TPSA) is 85.8 Å². The van der Waals surface area contributed by atoms with Crippen LogP contribution < -0.4 is 5.73 Å². The molecule has 2 aromatic rings. The fourth-order valence-electron chi connectivity index (χ4n) is 2.66. The lowest BCUT2D eigenvalue weighted by molar-refractivity contribution is -0.127. The van der Waals surface area contributed by atoms with E-state index in [-0.39, 0.29) is 12.5 Å². The first kappa shape index (κ1) is 13.6. The predicted molar refractivity (Wildman–Crippen MR) is 75.8 cm³/mol. The number of carbonyl (C=O) groups is 2. The Labute approximate surface area is 121 Å². The number of furan rings is 1. The molecule has 1 aliphatic rings. The van der Waals surface area contributed by atoms with Crippen LogP contribution in [0.3, 0.4) is 0 Å². The van der Waals surface area contributed by atoms with Gasteiger partial charge in [0.1, 0.15) is 17.4 Å². The van der Waals surface area contributed by atoms with E-state index >= 15 is 0 Å². The second-order valence-electron chi connectivity index (χ2n) is 5.02. The standard InChI is InChI=1S/C15H16N2O4/c1-9-13(10-4-2-3-5-12(10)21-9)15(19)17-6-7-20-8-11(17)14(16)18/h2-5,11H,6-8H2,1H3,(H2,16,18). The van der Waals surface area contributed by atoms with Crippen LogP contribution in [0.25, 0.3) is 11.0 Å². The minimum Gasteiger partial charge on any atom is -0.461 e. The fourth-order valence-corrected chi connectivity index (χ4v) is 2.66. The zero-order chi connectivity index (χ0) is 15.0. The number of para-hydroxylation sites is 1. The highest BCUT2D eigenvalue weighted by molar-refractivity contribution is 6.08. The first-order chi connectivity index (χ1) is 10.1. The average Bonchev–Trinajstić information content (AvgIpc) is 2.82. The minimum atomic E-state index is -0.737. The van der Waals surface area contributed by atoms with Gasteiger partial charge in [0.05, 0.1) is 18.8 Å². The molecule has 0 spiro atoms.